The van der Waals surface area contributed by atoms with Gasteiger partial charge in [-0.2, -0.15) is 0 Å². The highest BCUT2D eigenvalue weighted by Crippen LogP contribution is 2.41. The molecular weight excluding hydrogens is 330 g/mol. The second-order valence-electron chi connectivity index (χ2n) is 7.87. The van der Waals surface area contributed by atoms with Crippen LogP contribution in [-0.2, 0) is 24.8 Å². The molecule has 3 aliphatic rings. The van der Waals surface area contributed by atoms with Gasteiger partial charge in [-0.25, -0.2) is 4.98 Å². The van der Waals surface area contributed by atoms with Crippen molar-refractivity contribution in [2.24, 2.45) is 0 Å². The average Bonchev–Trinajstić information content (AvgIpc) is 3.32. The van der Waals surface area contributed by atoms with Crippen molar-refractivity contribution in [3.8, 4) is 0 Å². The van der Waals surface area contributed by atoms with E-state index in [4.69, 9.17) is 4.52 Å². The van der Waals surface area contributed by atoms with Gasteiger partial charge in [0.2, 0.25) is 0 Å². The molecule has 0 atom stereocenters. The smallest absolute Gasteiger partial charge is 0.276 e. The maximum absolute atomic E-state index is 13.0. The first-order valence-electron chi connectivity index (χ1n) is 9.70. The molecule has 1 aliphatic carbocycles. The van der Waals surface area contributed by atoms with Gasteiger partial charge in [-0.3, -0.25) is 9.69 Å². The van der Waals surface area contributed by atoms with Crippen molar-refractivity contribution in [1.29, 1.82) is 0 Å². The first kappa shape index (κ1) is 16.1. The summed E-state index contributed by atoms with van der Waals surface area (Å²) in [7, 11) is 2.18. The number of rotatable bonds is 1. The van der Waals surface area contributed by atoms with Crippen LogP contribution in [-0.4, -0.2) is 57.5 Å². The molecule has 7 heteroatoms. The molecule has 1 spiro atoms. The lowest BCUT2D eigenvalue weighted by Gasteiger charge is -2.49. The van der Waals surface area contributed by atoms with Gasteiger partial charge in [-0.15, -0.1) is 0 Å². The molecule has 0 radical (unpaired) electrons. The fourth-order valence-corrected chi connectivity index (χ4v) is 4.99. The minimum Gasteiger partial charge on any atom is -0.360 e. The maximum atomic E-state index is 13.0. The maximum Gasteiger partial charge on any atom is 0.276 e. The molecule has 1 amide bonds. The summed E-state index contributed by atoms with van der Waals surface area (Å²) in [6, 6.07) is 0. The Hall–Kier alpha value is -2.15. The van der Waals surface area contributed by atoms with Gasteiger partial charge in [0, 0.05) is 43.7 Å². The minimum atomic E-state index is -0.0480. The molecule has 0 unspecified atom stereocenters. The van der Waals surface area contributed by atoms with Gasteiger partial charge in [0.25, 0.3) is 5.91 Å². The molecule has 1 fully saturated rings. The topological polar surface area (TPSA) is 78.3 Å². The number of nitrogens with one attached hydrogen (secondary N) is 1. The SMILES string of the molecule is CN1CCc2[nH]cnc2C12CCN(C(=O)c1noc3c1CCCC3)CC2. The number of hydrogen-bond donors (Lipinski definition) is 1. The number of amides is 1. The number of hydrogen-bond acceptors (Lipinski definition) is 5. The predicted octanol–water partition coefficient (Wildman–Crippen LogP) is 1.90. The van der Waals surface area contributed by atoms with Crippen LogP contribution in [0.2, 0.25) is 0 Å². The summed E-state index contributed by atoms with van der Waals surface area (Å²) in [4.78, 5) is 25.4. The molecule has 2 aromatic heterocycles. The molecular formula is C19H25N5O2. The Morgan fingerprint density at radius 3 is 2.85 bits per heavy atom. The van der Waals surface area contributed by atoms with Crippen molar-refractivity contribution in [3.63, 3.8) is 0 Å². The van der Waals surface area contributed by atoms with E-state index >= 15 is 0 Å². The zero-order chi connectivity index (χ0) is 17.7. The lowest BCUT2D eigenvalue weighted by molar-refractivity contribution is 0.0221. The quantitative estimate of drug-likeness (QED) is 0.845. The fraction of sp³-hybridized carbons (Fsp3) is 0.632. The van der Waals surface area contributed by atoms with Gasteiger partial charge in [0.15, 0.2) is 5.69 Å². The number of fused-ring (bicyclic) bond motifs is 3. The van der Waals surface area contributed by atoms with Gasteiger partial charge >= 0.3 is 0 Å². The fourth-order valence-electron chi connectivity index (χ4n) is 4.99. The lowest BCUT2D eigenvalue weighted by atomic mass is 9.79. The number of imidazole rings is 1. The van der Waals surface area contributed by atoms with Crippen molar-refractivity contribution in [2.45, 2.75) is 50.5 Å². The molecule has 0 aromatic carbocycles. The Kier molecular flexibility index (Phi) is 3.67. The Morgan fingerprint density at radius 2 is 2.00 bits per heavy atom. The first-order chi connectivity index (χ1) is 12.7. The molecule has 5 rings (SSSR count). The highest BCUT2D eigenvalue weighted by atomic mass is 16.5. The summed E-state index contributed by atoms with van der Waals surface area (Å²) in [5, 5.41) is 4.13. The number of likely N-dealkylation sites (N-methyl/N-ethyl adjacent to an activating group) is 1. The van der Waals surface area contributed by atoms with Crippen molar-refractivity contribution in [1.82, 2.24) is 24.9 Å². The van der Waals surface area contributed by atoms with E-state index in [0.29, 0.717) is 5.69 Å². The van der Waals surface area contributed by atoms with E-state index in [-0.39, 0.29) is 11.4 Å². The lowest BCUT2D eigenvalue weighted by Crippen LogP contribution is -2.55. The molecule has 4 heterocycles. The van der Waals surface area contributed by atoms with Crippen molar-refractivity contribution in [2.75, 3.05) is 26.7 Å². The Bertz CT molecular complexity index is 831. The van der Waals surface area contributed by atoms with E-state index in [0.717, 1.165) is 75.9 Å². The Morgan fingerprint density at radius 1 is 1.19 bits per heavy atom. The third kappa shape index (κ3) is 2.26. The molecule has 0 saturated carbocycles. The second-order valence-corrected chi connectivity index (χ2v) is 7.87. The van der Waals surface area contributed by atoms with E-state index in [1.54, 1.807) is 0 Å². The Labute approximate surface area is 152 Å². The van der Waals surface area contributed by atoms with Gasteiger partial charge < -0.3 is 14.4 Å². The van der Waals surface area contributed by atoms with E-state index in [1.165, 1.54) is 11.4 Å². The van der Waals surface area contributed by atoms with Crippen molar-refractivity contribution < 1.29 is 9.32 Å². The van der Waals surface area contributed by atoms with Crippen molar-refractivity contribution >= 4 is 5.91 Å². The van der Waals surface area contributed by atoms with Gasteiger partial charge in [-0.1, -0.05) is 5.16 Å². The van der Waals surface area contributed by atoms with Crippen LogP contribution in [0.25, 0.3) is 0 Å². The highest BCUT2D eigenvalue weighted by molar-refractivity contribution is 5.94. The van der Waals surface area contributed by atoms with Crippen LogP contribution in [0.5, 0.6) is 0 Å². The van der Waals surface area contributed by atoms with E-state index in [1.807, 2.05) is 11.2 Å². The molecule has 138 valence electrons. The number of likely N-dealkylation sites (tertiary alicyclic amines) is 1. The van der Waals surface area contributed by atoms with Crippen LogP contribution in [0, 0.1) is 0 Å². The largest absolute Gasteiger partial charge is 0.360 e. The summed E-state index contributed by atoms with van der Waals surface area (Å²) in [6.45, 7) is 2.49. The average molecular weight is 355 g/mol. The number of nitrogens with zero attached hydrogens (tertiary/aromatic N) is 4. The summed E-state index contributed by atoms with van der Waals surface area (Å²) >= 11 is 0. The van der Waals surface area contributed by atoms with Crippen LogP contribution in [0.1, 0.15) is 58.9 Å². The number of aromatic amines is 1. The first-order valence-corrected chi connectivity index (χ1v) is 9.70. The predicted molar refractivity (Wildman–Crippen MR) is 94.9 cm³/mol. The van der Waals surface area contributed by atoms with E-state index < -0.39 is 0 Å². The molecule has 2 aromatic rings. The second kappa shape index (κ2) is 5.94. The molecule has 26 heavy (non-hydrogen) atoms. The van der Waals surface area contributed by atoms with E-state index in [2.05, 4.69) is 27.1 Å². The zero-order valence-electron chi connectivity index (χ0n) is 15.3. The summed E-state index contributed by atoms with van der Waals surface area (Å²) < 4.78 is 5.44. The molecule has 1 saturated heterocycles. The van der Waals surface area contributed by atoms with Crippen molar-refractivity contribution in [3.05, 3.63) is 34.7 Å². The third-order valence-electron chi connectivity index (χ3n) is 6.62. The monoisotopic (exact) mass is 355 g/mol. The minimum absolute atomic E-state index is 0.0347. The van der Waals surface area contributed by atoms with Crippen LogP contribution in [0.15, 0.2) is 10.9 Å². The highest BCUT2D eigenvalue weighted by Gasteiger charge is 2.46. The van der Waals surface area contributed by atoms with Crippen LogP contribution in [0.3, 0.4) is 0 Å². The number of aromatic nitrogens is 3. The number of H-pyrrole nitrogens is 1. The molecule has 1 N–H and O–H groups in total. The Balaban J connectivity index is 1.37. The molecule has 2 aliphatic heterocycles. The van der Waals surface area contributed by atoms with Crippen LogP contribution >= 0.6 is 0 Å². The molecule has 0 bridgehead atoms. The number of carbonyl (C=O) groups is 1. The van der Waals surface area contributed by atoms with E-state index in [9.17, 15) is 4.79 Å². The molecule has 7 nitrogen and oxygen atoms in total. The number of aryl methyl sites for hydroxylation is 1. The van der Waals surface area contributed by atoms with Gasteiger partial charge in [0.1, 0.15) is 5.76 Å². The van der Waals surface area contributed by atoms with Crippen LogP contribution in [0.4, 0.5) is 0 Å². The normalized spacial score (nSPS) is 22.3. The number of carbonyl (C=O) groups excluding carboxylic acids is 1. The third-order valence-corrected chi connectivity index (χ3v) is 6.62. The standard InChI is InChI=1S/C19H25N5O2/c1-23-9-6-14-17(21-12-20-14)19(23)7-10-24(11-8-19)18(25)16-13-4-2-3-5-15(13)26-22-16/h12H,2-11H2,1H3,(H,20,21). The zero-order valence-corrected chi connectivity index (χ0v) is 15.3. The number of piperidine rings is 1. The summed E-state index contributed by atoms with van der Waals surface area (Å²) in [5.41, 5.74) is 3.98. The summed E-state index contributed by atoms with van der Waals surface area (Å²) in [6.07, 6.45) is 8.71. The van der Waals surface area contributed by atoms with Gasteiger partial charge in [-0.05, 0) is 39.2 Å². The van der Waals surface area contributed by atoms with Crippen LogP contribution < -0.4 is 0 Å². The summed E-state index contributed by atoms with van der Waals surface area (Å²) in [5.74, 6) is 0.953. The van der Waals surface area contributed by atoms with Gasteiger partial charge in [0.05, 0.1) is 17.6 Å².